The van der Waals surface area contributed by atoms with Gasteiger partial charge in [0.05, 0.1) is 12.5 Å². The van der Waals surface area contributed by atoms with Gasteiger partial charge in [-0.3, -0.25) is 4.79 Å². The van der Waals surface area contributed by atoms with E-state index in [-0.39, 0.29) is 5.92 Å². The summed E-state index contributed by atoms with van der Waals surface area (Å²) in [5.74, 6) is 0.438. The number of fused-ring (bicyclic) bond motifs is 1. The molecule has 3 heteroatoms. The Morgan fingerprint density at radius 1 is 1.00 bits per heavy atom. The molecular formula is C28H32O3. The Balaban J connectivity index is 1.66. The molecule has 1 aliphatic rings. The van der Waals surface area contributed by atoms with E-state index in [1.807, 2.05) is 19.1 Å². The van der Waals surface area contributed by atoms with Crippen LogP contribution in [0.25, 0.3) is 21.9 Å². The summed E-state index contributed by atoms with van der Waals surface area (Å²) < 4.78 is 6.36. The summed E-state index contributed by atoms with van der Waals surface area (Å²) in [4.78, 5) is 11.6. The van der Waals surface area contributed by atoms with Gasteiger partial charge < -0.3 is 9.84 Å². The van der Waals surface area contributed by atoms with Crippen molar-refractivity contribution in [1.82, 2.24) is 0 Å². The number of rotatable bonds is 8. The lowest BCUT2D eigenvalue weighted by Crippen LogP contribution is -2.16. The summed E-state index contributed by atoms with van der Waals surface area (Å²) in [7, 11) is 0. The smallest absolute Gasteiger partial charge is 0.306 e. The van der Waals surface area contributed by atoms with Gasteiger partial charge >= 0.3 is 5.97 Å². The van der Waals surface area contributed by atoms with Gasteiger partial charge in [-0.25, -0.2) is 0 Å². The van der Waals surface area contributed by atoms with Crippen LogP contribution >= 0.6 is 0 Å². The monoisotopic (exact) mass is 416 g/mol. The molecule has 0 bridgehead atoms. The van der Waals surface area contributed by atoms with Gasteiger partial charge in [0.25, 0.3) is 0 Å². The Hall–Kier alpha value is -2.81. The van der Waals surface area contributed by atoms with Crippen molar-refractivity contribution in [2.75, 3.05) is 6.61 Å². The maximum Gasteiger partial charge on any atom is 0.306 e. The Bertz CT molecular complexity index is 1030. The van der Waals surface area contributed by atoms with Gasteiger partial charge in [0.15, 0.2) is 0 Å². The first-order valence-electron chi connectivity index (χ1n) is 11.6. The lowest BCUT2D eigenvalue weighted by Gasteiger charge is -2.23. The molecule has 0 aromatic heterocycles. The van der Waals surface area contributed by atoms with E-state index in [1.54, 1.807) is 0 Å². The molecule has 0 amide bonds. The lowest BCUT2D eigenvalue weighted by atomic mass is 9.90. The molecule has 0 saturated heterocycles. The summed E-state index contributed by atoms with van der Waals surface area (Å²) in [5, 5.41) is 11.9. The van der Waals surface area contributed by atoms with Crippen molar-refractivity contribution in [3.63, 3.8) is 0 Å². The third-order valence-corrected chi connectivity index (χ3v) is 6.63. The molecule has 1 aliphatic carbocycles. The zero-order valence-corrected chi connectivity index (χ0v) is 18.3. The van der Waals surface area contributed by atoms with Gasteiger partial charge in [-0.15, -0.1) is 0 Å². The van der Waals surface area contributed by atoms with Crippen LogP contribution in [0.1, 0.15) is 51.0 Å². The molecular weight excluding hydrogens is 384 g/mol. The molecule has 1 unspecified atom stereocenters. The van der Waals surface area contributed by atoms with Crippen molar-refractivity contribution in [1.29, 1.82) is 0 Å². The van der Waals surface area contributed by atoms with E-state index in [0.717, 1.165) is 29.0 Å². The molecule has 1 atom stereocenters. The highest BCUT2D eigenvalue weighted by atomic mass is 16.5. The van der Waals surface area contributed by atoms with Crippen LogP contribution in [0, 0.1) is 11.8 Å². The van der Waals surface area contributed by atoms with Crippen LogP contribution in [0.2, 0.25) is 0 Å². The molecule has 0 aliphatic heterocycles. The lowest BCUT2D eigenvalue weighted by molar-refractivity contribution is -0.141. The fourth-order valence-corrected chi connectivity index (χ4v) is 4.66. The minimum Gasteiger partial charge on any atom is -0.493 e. The van der Waals surface area contributed by atoms with Crippen LogP contribution in [0.4, 0.5) is 0 Å². The maximum atomic E-state index is 11.6. The molecule has 1 fully saturated rings. The number of aliphatic carboxylic acids is 1. The summed E-state index contributed by atoms with van der Waals surface area (Å²) in [6.45, 7) is 2.69. The van der Waals surface area contributed by atoms with E-state index >= 15 is 0 Å². The normalized spacial score (nSPS) is 15.6. The number of carboxylic acids is 1. The number of carboxylic acid groups (broad SMARTS) is 1. The number of hydrogen-bond donors (Lipinski definition) is 1. The van der Waals surface area contributed by atoms with Crippen LogP contribution in [-0.4, -0.2) is 17.7 Å². The average molecular weight is 417 g/mol. The first-order valence-corrected chi connectivity index (χ1v) is 11.6. The Kier molecular flexibility index (Phi) is 6.91. The zero-order chi connectivity index (χ0) is 21.6. The van der Waals surface area contributed by atoms with E-state index in [9.17, 15) is 9.90 Å². The highest BCUT2D eigenvalue weighted by molar-refractivity contribution is 5.88. The van der Waals surface area contributed by atoms with E-state index in [1.165, 1.54) is 42.9 Å². The molecule has 3 aromatic rings. The van der Waals surface area contributed by atoms with Crippen LogP contribution in [-0.2, 0) is 11.2 Å². The quantitative estimate of drug-likeness (QED) is 0.425. The van der Waals surface area contributed by atoms with Crippen molar-refractivity contribution in [2.24, 2.45) is 11.8 Å². The van der Waals surface area contributed by atoms with Crippen molar-refractivity contribution >= 4 is 16.7 Å². The fraction of sp³-hybridized carbons (Fsp3) is 0.393. The highest BCUT2D eigenvalue weighted by Crippen LogP contribution is 2.35. The Morgan fingerprint density at radius 2 is 1.77 bits per heavy atom. The minimum atomic E-state index is -0.729. The maximum absolute atomic E-state index is 11.6. The molecule has 162 valence electrons. The fourth-order valence-electron chi connectivity index (χ4n) is 4.66. The molecule has 1 N–H and O–H groups in total. The van der Waals surface area contributed by atoms with Crippen molar-refractivity contribution in [3.05, 3.63) is 66.2 Å². The SMILES string of the molecule is CCC(Cc1ccc(OCC2CCCCC2)c(-c2ccc3ccccc3c2)c1)C(=O)O. The van der Waals surface area contributed by atoms with Crippen LogP contribution in [0.5, 0.6) is 5.75 Å². The van der Waals surface area contributed by atoms with E-state index in [0.29, 0.717) is 18.8 Å². The number of benzene rings is 3. The molecule has 0 spiro atoms. The third kappa shape index (κ3) is 5.28. The van der Waals surface area contributed by atoms with Gasteiger partial charge in [-0.1, -0.05) is 68.7 Å². The molecule has 0 radical (unpaired) electrons. The second-order valence-electron chi connectivity index (χ2n) is 8.86. The van der Waals surface area contributed by atoms with Crippen molar-refractivity contribution < 1.29 is 14.6 Å². The van der Waals surface area contributed by atoms with Crippen LogP contribution in [0.3, 0.4) is 0 Å². The summed E-state index contributed by atoms with van der Waals surface area (Å²) in [5.41, 5.74) is 3.21. The van der Waals surface area contributed by atoms with Crippen LogP contribution in [0.15, 0.2) is 60.7 Å². The van der Waals surface area contributed by atoms with E-state index < -0.39 is 5.97 Å². The Morgan fingerprint density at radius 3 is 2.52 bits per heavy atom. The summed E-state index contributed by atoms with van der Waals surface area (Å²) >= 11 is 0. The third-order valence-electron chi connectivity index (χ3n) is 6.63. The van der Waals surface area contributed by atoms with E-state index in [4.69, 9.17) is 4.74 Å². The van der Waals surface area contributed by atoms with Crippen molar-refractivity contribution in [3.8, 4) is 16.9 Å². The summed E-state index contributed by atoms with van der Waals surface area (Å²) in [6.07, 6.45) is 7.61. The molecule has 4 rings (SSSR count). The predicted molar refractivity (Wildman–Crippen MR) is 127 cm³/mol. The second-order valence-corrected chi connectivity index (χ2v) is 8.86. The second kappa shape index (κ2) is 10.00. The Labute approximate surface area is 185 Å². The number of ether oxygens (including phenoxy) is 1. The topological polar surface area (TPSA) is 46.5 Å². The largest absolute Gasteiger partial charge is 0.493 e. The standard InChI is InChI=1S/C28H32O3/c1-2-22(28(29)30)16-21-12-15-27(31-19-20-8-4-3-5-9-20)26(17-21)25-14-13-23-10-6-7-11-24(23)18-25/h6-7,10-15,17-18,20,22H,2-5,8-9,16,19H2,1H3,(H,29,30). The number of hydrogen-bond acceptors (Lipinski definition) is 2. The van der Waals surface area contributed by atoms with Crippen LogP contribution < -0.4 is 4.74 Å². The van der Waals surface area contributed by atoms with Gasteiger partial charge in [0.1, 0.15) is 5.75 Å². The molecule has 3 nitrogen and oxygen atoms in total. The zero-order valence-electron chi connectivity index (χ0n) is 18.3. The number of carbonyl (C=O) groups is 1. The van der Waals surface area contributed by atoms with Gasteiger partial charge in [0.2, 0.25) is 0 Å². The summed E-state index contributed by atoms with van der Waals surface area (Å²) in [6, 6.07) is 21.1. The van der Waals surface area contributed by atoms with Gasteiger partial charge in [-0.2, -0.15) is 0 Å². The minimum absolute atomic E-state index is 0.363. The molecule has 3 aromatic carbocycles. The molecule has 0 heterocycles. The highest BCUT2D eigenvalue weighted by Gasteiger charge is 2.19. The predicted octanol–water partition coefficient (Wildman–Crippen LogP) is 7.12. The van der Waals surface area contributed by atoms with E-state index in [2.05, 4.69) is 48.5 Å². The van der Waals surface area contributed by atoms with Crippen molar-refractivity contribution in [2.45, 2.75) is 51.9 Å². The first kappa shape index (κ1) is 21.4. The average Bonchev–Trinajstić information content (AvgIpc) is 2.81. The van der Waals surface area contributed by atoms with Gasteiger partial charge in [0, 0.05) is 5.56 Å². The molecule has 1 saturated carbocycles. The van der Waals surface area contributed by atoms with Gasteiger partial charge in [-0.05, 0) is 71.7 Å². The first-order chi connectivity index (χ1) is 15.1. The molecule has 31 heavy (non-hydrogen) atoms.